The molecule has 1 atom stereocenters. The maximum absolute atomic E-state index is 12.5. The predicted octanol–water partition coefficient (Wildman–Crippen LogP) is 2.83. The monoisotopic (exact) mass is 341 g/mol. The van der Waals surface area contributed by atoms with Crippen molar-refractivity contribution in [2.45, 2.75) is 18.8 Å². The molecule has 1 aliphatic rings. The largest absolute Gasteiger partial charge is 0.486 e. The quantitative estimate of drug-likeness (QED) is 0.873. The summed E-state index contributed by atoms with van der Waals surface area (Å²) in [5.74, 6) is -0.424. The highest BCUT2D eigenvalue weighted by Crippen LogP contribution is 2.38. The highest BCUT2D eigenvalue weighted by atomic mass is 16.6. The minimum atomic E-state index is -1.32. The van der Waals surface area contributed by atoms with Crippen molar-refractivity contribution in [1.29, 1.82) is 0 Å². The molecule has 25 heavy (non-hydrogen) atoms. The number of nitrogens with one attached hydrogen (secondary N) is 1. The van der Waals surface area contributed by atoms with Crippen LogP contribution in [0.1, 0.15) is 18.9 Å². The fourth-order valence-corrected chi connectivity index (χ4v) is 2.79. The van der Waals surface area contributed by atoms with Gasteiger partial charge < -0.3 is 19.9 Å². The highest BCUT2D eigenvalue weighted by Gasteiger charge is 2.37. The van der Waals surface area contributed by atoms with E-state index in [9.17, 15) is 14.7 Å². The summed E-state index contributed by atoms with van der Waals surface area (Å²) in [5, 5.41) is 12.4. The van der Waals surface area contributed by atoms with Crippen LogP contribution in [0.3, 0.4) is 0 Å². The molecular weight excluding hydrogens is 322 g/mol. The smallest absolute Gasteiger partial charge is 0.314 e. The van der Waals surface area contributed by atoms with Gasteiger partial charge in [-0.1, -0.05) is 36.4 Å². The van der Waals surface area contributed by atoms with Gasteiger partial charge in [0.05, 0.1) is 11.1 Å². The van der Waals surface area contributed by atoms with Crippen LogP contribution in [-0.4, -0.2) is 30.2 Å². The summed E-state index contributed by atoms with van der Waals surface area (Å²) >= 11 is 0. The second-order valence-electron chi connectivity index (χ2n) is 6.06. The van der Waals surface area contributed by atoms with Crippen LogP contribution in [0, 0.1) is 0 Å². The zero-order valence-corrected chi connectivity index (χ0v) is 13.8. The second-order valence-corrected chi connectivity index (χ2v) is 6.06. The summed E-state index contributed by atoms with van der Waals surface area (Å²) < 4.78 is 11.0. The van der Waals surface area contributed by atoms with Crippen LogP contribution >= 0.6 is 0 Å². The van der Waals surface area contributed by atoms with Gasteiger partial charge in [-0.3, -0.25) is 9.59 Å². The summed E-state index contributed by atoms with van der Waals surface area (Å²) in [6, 6.07) is 13.9. The number of ether oxygens (including phenoxy) is 2. The zero-order valence-electron chi connectivity index (χ0n) is 13.8. The van der Waals surface area contributed by atoms with E-state index in [1.807, 2.05) is 0 Å². The fourth-order valence-electron chi connectivity index (χ4n) is 2.79. The third-order valence-electron chi connectivity index (χ3n) is 4.24. The van der Waals surface area contributed by atoms with E-state index in [0.29, 0.717) is 36.0 Å². The average Bonchev–Trinajstić information content (AvgIpc) is 2.62. The number of carbonyl (C=O) groups is 2. The first-order valence-electron chi connectivity index (χ1n) is 7.98. The topological polar surface area (TPSA) is 84.9 Å². The standard InChI is InChI=1S/C19H19NO5/c1-19(18(22)23,13-6-3-2-4-7-13)12-16(21)20-14-8-5-9-15-17(14)25-11-10-24-15/h2-9H,10-12H2,1H3,(H,20,21)(H,22,23)/t19-/m1/s1. The minimum absolute atomic E-state index is 0.198. The molecule has 2 N–H and O–H groups in total. The summed E-state index contributed by atoms with van der Waals surface area (Å²) in [7, 11) is 0. The number of hydrogen-bond donors (Lipinski definition) is 2. The van der Waals surface area contributed by atoms with Crippen molar-refractivity contribution >= 4 is 17.6 Å². The number of carbonyl (C=O) groups excluding carboxylic acids is 1. The zero-order chi connectivity index (χ0) is 17.9. The van der Waals surface area contributed by atoms with Gasteiger partial charge in [0.15, 0.2) is 11.5 Å². The summed E-state index contributed by atoms with van der Waals surface area (Å²) in [6.45, 7) is 2.40. The molecule has 1 aliphatic heterocycles. The Hall–Kier alpha value is -3.02. The van der Waals surface area contributed by atoms with E-state index in [-0.39, 0.29) is 6.42 Å². The molecule has 0 spiro atoms. The van der Waals surface area contributed by atoms with Gasteiger partial charge in [-0.05, 0) is 24.6 Å². The maximum atomic E-state index is 12.5. The first-order chi connectivity index (χ1) is 12.0. The Kier molecular flexibility index (Phi) is 4.61. The molecule has 6 nitrogen and oxygen atoms in total. The number of carboxylic acid groups (broad SMARTS) is 1. The summed E-state index contributed by atoms with van der Waals surface area (Å²) in [6.07, 6.45) is -0.198. The molecule has 6 heteroatoms. The lowest BCUT2D eigenvalue weighted by molar-refractivity contribution is -0.145. The molecule has 1 amide bonds. The van der Waals surface area contributed by atoms with Crippen molar-refractivity contribution in [2.24, 2.45) is 0 Å². The number of amides is 1. The molecule has 3 rings (SSSR count). The van der Waals surface area contributed by atoms with Crippen LogP contribution in [0.5, 0.6) is 11.5 Å². The Morgan fingerprint density at radius 2 is 1.80 bits per heavy atom. The van der Waals surface area contributed by atoms with Gasteiger partial charge >= 0.3 is 5.97 Å². The molecule has 0 aliphatic carbocycles. The second kappa shape index (κ2) is 6.84. The Labute approximate surface area is 145 Å². The average molecular weight is 341 g/mol. The van der Waals surface area contributed by atoms with E-state index in [2.05, 4.69) is 5.32 Å². The van der Waals surface area contributed by atoms with Gasteiger partial charge in [0.25, 0.3) is 0 Å². The first-order valence-corrected chi connectivity index (χ1v) is 7.98. The van der Waals surface area contributed by atoms with Crippen molar-refractivity contribution in [3.8, 4) is 11.5 Å². The first kappa shape index (κ1) is 16.8. The molecule has 0 unspecified atom stereocenters. The van der Waals surface area contributed by atoms with Crippen LogP contribution < -0.4 is 14.8 Å². The number of fused-ring (bicyclic) bond motifs is 1. The minimum Gasteiger partial charge on any atom is -0.486 e. The molecule has 0 saturated heterocycles. The predicted molar refractivity (Wildman–Crippen MR) is 92.1 cm³/mol. The van der Waals surface area contributed by atoms with Gasteiger partial charge in [-0.2, -0.15) is 0 Å². The van der Waals surface area contributed by atoms with Gasteiger partial charge in [0.2, 0.25) is 5.91 Å². The Balaban J connectivity index is 1.81. The van der Waals surface area contributed by atoms with E-state index in [0.717, 1.165) is 0 Å². The summed E-state index contributed by atoms with van der Waals surface area (Å²) in [5.41, 5.74) is -0.271. The molecule has 1 heterocycles. The molecule has 0 bridgehead atoms. The number of hydrogen-bond acceptors (Lipinski definition) is 4. The lowest BCUT2D eigenvalue weighted by Gasteiger charge is -2.25. The van der Waals surface area contributed by atoms with Crippen molar-refractivity contribution < 1.29 is 24.2 Å². The van der Waals surface area contributed by atoms with Crippen molar-refractivity contribution in [1.82, 2.24) is 0 Å². The molecule has 2 aromatic rings. The van der Waals surface area contributed by atoms with Gasteiger partial charge in [-0.25, -0.2) is 0 Å². The molecule has 130 valence electrons. The van der Waals surface area contributed by atoms with E-state index in [4.69, 9.17) is 9.47 Å². The number of rotatable bonds is 5. The maximum Gasteiger partial charge on any atom is 0.314 e. The Bertz CT molecular complexity index is 790. The number of carboxylic acids is 1. The third kappa shape index (κ3) is 3.42. The van der Waals surface area contributed by atoms with Crippen LogP contribution in [-0.2, 0) is 15.0 Å². The fraction of sp³-hybridized carbons (Fsp3) is 0.263. The van der Waals surface area contributed by atoms with E-state index in [1.165, 1.54) is 0 Å². The molecule has 0 radical (unpaired) electrons. The van der Waals surface area contributed by atoms with Crippen LogP contribution in [0.15, 0.2) is 48.5 Å². The lowest BCUT2D eigenvalue weighted by atomic mass is 9.79. The molecule has 0 fully saturated rings. The number of anilines is 1. The van der Waals surface area contributed by atoms with E-state index >= 15 is 0 Å². The van der Waals surface area contributed by atoms with Crippen molar-refractivity contribution in [2.75, 3.05) is 18.5 Å². The number of aliphatic carboxylic acids is 1. The molecule has 0 saturated carbocycles. The van der Waals surface area contributed by atoms with Gasteiger partial charge in [0, 0.05) is 6.42 Å². The van der Waals surface area contributed by atoms with E-state index < -0.39 is 17.3 Å². The molecular formula is C19H19NO5. The third-order valence-corrected chi connectivity index (χ3v) is 4.24. The van der Waals surface area contributed by atoms with Crippen LogP contribution in [0.2, 0.25) is 0 Å². The number of benzene rings is 2. The Morgan fingerprint density at radius 1 is 1.08 bits per heavy atom. The van der Waals surface area contributed by atoms with Crippen LogP contribution in [0.25, 0.3) is 0 Å². The van der Waals surface area contributed by atoms with Crippen molar-refractivity contribution in [3.05, 3.63) is 54.1 Å². The molecule has 2 aromatic carbocycles. The molecule has 0 aromatic heterocycles. The SMILES string of the molecule is C[C@](CC(=O)Nc1cccc2c1OCCO2)(C(=O)O)c1ccccc1. The van der Waals surface area contributed by atoms with Gasteiger partial charge in [0.1, 0.15) is 13.2 Å². The van der Waals surface area contributed by atoms with Crippen LogP contribution in [0.4, 0.5) is 5.69 Å². The summed E-state index contributed by atoms with van der Waals surface area (Å²) in [4.78, 5) is 24.3. The van der Waals surface area contributed by atoms with Gasteiger partial charge in [-0.15, -0.1) is 0 Å². The van der Waals surface area contributed by atoms with Crippen molar-refractivity contribution in [3.63, 3.8) is 0 Å². The van der Waals surface area contributed by atoms with E-state index in [1.54, 1.807) is 55.5 Å². The highest BCUT2D eigenvalue weighted by molar-refractivity contribution is 5.97. The Morgan fingerprint density at radius 3 is 2.52 bits per heavy atom. The number of para-hydroxylation sites is 1. The normalized spacial score (nSPS) is 15.1. The lowest BCUT2D eigenvalue weighted by Crippen LogP contribution is -2.36.